The Morgan fingerprint density at radius 3 is 2.32 bits per heavy atom. The Labute approximate surface area is 286 Å². The van der Waals surface area contributed by atoms with Crippen LogP contribution in [0.1, 0.15) is 43.9 Å². The van der Waals surface area contributed by atoms with Crippen molar-refractivity contribution in [1.82, 2.24) is 30.8 Å². The second-order valence-electron chi connectivity index (χ2n) is 11.8. The number of nitrogens with zero attached hydrogens (tertiary/aromatic N) is 3. The zero-order chi connectivity index (χ0) is 36.2. The van der Waals surface area contributed by atoms with E-state index < -0.39 is 71.0 Å². The van der Waals surface area contributed by atoms with Gasteiger partial charge in [0.2, 0.25) is 29.5 Å². The highest BCUT2D eigenvalue weighted by molar-refractivity contribution is 5.99. The van der Waals surface area contributed by atoms with Crippen LogP contribution in [0.4, 0.5) is 11.4 Å². The van der Waals surface area contributed by atoms with Crippen molar-refractivity contribution in [2.45, 2.75) is 69.6 Å². The van der Waals surface area contributed by atoms with E-state index in [0.717, 1.165) is 5.56 Å². The number of aromatic nitrogens is 2. The largest absolute Gasteiger partial charge is 0.481 e. The molecule has 0 aliphatic carbocycles. The molecule has 264 valence electrons. The molecule has 4 atom stereocenters. The number of aromatic amines is 1. The number of anilines is 1. The monoisotopic (exact) mass is 690 g/mol. The Bertz CT molecular complexity index is 1680. The number of nitro groups is 1. The van der Waals surface area contributed by atoms with Gasteiger partial charge in [0.1, 0.15) is 24.2 Å². The number of amides is 5. The normalized spacial score (nSPS) is 15.6. The predicted octanol–water partition coefficient (Wildman–Crippen LogP) is 1.07. The molecule has 0 bridgehead atoms. The number of hydrogen-bond acceptors (Lipinski definition) is 9. The number of rotatable bonds is 16. The van der Waals surface area contributed by atoms with Crippen molar-refractivity contribution >= 4 is 46.9 Å². The number of H-pyrrole nitrogens is 1. The van der Waals surface area contributed by atoms with Crippen LogP contribution >= 0.6 is 0 Å². The number of benzene rings is 2. The van der Waals surface area contributed by atoms with E-state index in [1.807, 2.05) is 6.07 Å². The summed E-state index contributed by atoms with van der Waals surface area (Å²) in [6.45, 7) is 1.60. The van der Waals surface area contributed by atoms with E-state index >= 15 is 0 Å². The molecule has 17 nitrogen and oxygen atoms in total. The van der Waals surface area contributed by atoms with E-state index in [4.69, 9.17) is 5.11 Å². The summed E-state index contributed by atoms with van der Waals surface area (Å²) in [4.78, 5) is 95.9. The van der Waals surface area contributed by atoms with Crippen LogP contribution in [0, 0.1) is 10.1 Å². The lowest BCUT2D eigenvalue weighted by atomic mass is 10.0. The van der Waals surface area contributed by atoms with Gasteiger partial charge in [-0.05, 0) is 37.5 Å². The second-order valence-corrected chi connectivity index (χ2v) is 11.8. The van der Waals surface area contributed by atoms with Crippen LogP contribution in [0.2, 0.25) is 0 Å². The van der Waals surface area contributed by atoms with Crippen LogP contribution in [-0.4, -0.2) is 91.1 Å². The number of imidazole rings is 1. The fourth-order valence-electron chi connectivity index (χ4n) is 5.44. The first-order chi connectivity index (χ1) is 23.9. The van der Waals surface area contributed by atoms with Gasteiger partial charge in [-0.2, -0.15) is 0 Å². The Hall–Kier alpha value is -6.13. The third-order valence-electron chi connectivity index (χ3n) is 8.03. The molecule has 3 aromatic rings. The van der Waals surface area contributed by atoms with E-state index in [9.17, 15) is 38.9 Å². The van der Waals surface area contributed by atoms with Crippen LogP contribution in [-0.2, 0) is 41.6 Å². The number of carboxylic acid groups (broad SMARTS) is 1. The van der Waals surface area contributed by atoms with E-state index in [1.54, 1.807) is 24.3 Å². The average Bonchev–Trinajstić information content (AvgIpc) is 3.80. The van der Waals surface area contributed by atoms with Crippen LogP contribution in [0.5, 0.6) is 0 Å². The van der Waals surface area contributed by atoms with E-state index in [-0.39, 0.29) is 37.2 Å². The Morgan fingerprint density at radius 2 is 1.68 bits per heavy atom. The lowest BCUT2D eigenvalue weighted by Crippen LogP contribution is -2.58. The zero-order valence-electron chi connectivity index (χ0n) is 27.2. The first-order valence-electron chi connectivity index (χ1n) is 15.9. The maximum atomic E-state index is 14.0. The molecule has 6 N–H and O–H groups in total. The first kappa shape index (κ1) is 36.7. The molecule has 0 spiro atoms. The fourth-order valence-corrected chi connectivity index (χ4v) is 5.44. The number of aliphatic carboxylic acids is 1. The highest BCUT2D eigenvalue weighted by atomic mass is 16.6. The summed E-state index contributed by atoms with van der Waals surface area (Å²) in [6.07, 6.45) is 3.02. The van der Waals surface area contributed by atoms with Crippen molar-refractivity contribution in [1.29, 1.82) is 0 Å². The molecule has 17 heteroatoms. The third-order valence-corrected chi connectivity index (χ3v) is 8.03. The SMILES string of the molecule is CC(NC(=O)CCC(=O)O)C(=O)NC(Cc1cnc[nH]1)C(=O)N1CCCC1C(=O)NC(Cc1ccccc1)C(=O)Nc1ccc([N+](=O)[O-])cc1. The van der Waals surface area contributed by atoms with Crippen molar-refractivity contribution in [3.05, 3.63) is 88.5 Å². The minimum atomic E-state index is -1.17. The molecule has 1 aliphatic rings. The topological polar surface area (TPSA) is 246 Å². The molecular formula is C33H38N8O9. The summed E-state index contributed by atoms with van der Waals surface area (Å²) in [5.41, 5.74) is 1.41. The number of non-ortho nitro benzene ring substituents is 1. The van der Waals surface area contributed by atoms with Crippen LogP contribution < -0.4 is 21.3 Å². The molecule has 0 radical (unpaired) electrons. The average molecular weight is 691 g/mol. The fraction of sp³-hybridized carbons (Fsp3) is 0.364. The summed E-state index contributed by atoms with van der Waals surface area (Å²) < 4.78 is 0. The van der Waals surface area contributed by atoms with E-state index in [1.165, 1.54) is 48.6 Å². The summed E-state index contributed by atoms with van der Waals surface area (Å²) >= 11 is 0. The van der Waals surface area contributed by atoms with Gasteiger partial charge in [0.05, 0.1) is 17.7 Å². The number of hydrogen-bond donors (Lipinski definition) is 6. The van der Waals surface area contributed by atoms with Crippen LogP contribution in [0.3, 0.4) is 0 Å². The number of nitro benzene ring substituents is 1. The molecule has 2 aromatic carbocycles. The predicted molar refractivity (Wildman–Crippen MR) is 177 cm³/mol. The molecule has 1 aromatic heterocycles. The third kappa shape index (κ3) is 10.4. The molecule has 2 heterocycles. The minimum absolute atomic E-state index is 0.0105. The molecule has 1 fully saturated rings. The summed E-state index contributed by atoms with van der Waals surface area (Å²) in [6, 6.07) is 9.91. The van der Waals surface area contributed by atoms with Crippen molar-refractivity contribution in [2.24, 2.45) is 0 Å². The summed E-state index contributed by atoms with van der Waals surface area (Å²) in [7, 11) is 0. The van der Waals surface area contributed by atoms with E-state index in [0.29, 0.717) is 18.5 Å². The molecule has 0 saturated carbocycles. The van der Waals surface area contributed by atoms with Gasteiger partial charge in [0, 0.05) is 55.5 Å². The summed E-state index contributed by atoms with van der Waals surface area (Å²) in [5, 5.41) is 30.4. The van der Waals surface area contributed by atoms with Crippen molar-refractivity contribution in [3.63, 3.8) is 0 Å². The van der Waals surface area contributed by atoms with Crippen molar-refractivity contribution in [3.8, 4) is 0 Å². The highest BCUT2D eigenvalue weighted by Crippen LogP contribution is 2.21. The number of likely N-dealkylation sites (tertiary alicyclic amines) is 1. The smallest absolute Gasteiger partial charge is 0.303 e. The first-order valence-corrected chi connectivity index (χ1v) is 15.9. The van der Waals surface area contributed by atoms with Gasteiger partial charge in [0.15, 0.2) is 0 Å². The highest BCUT2D eigenvalue weighted by Gasteiger charge is 2.39. The standard InChI is InChI=1S/C33H38N8O9/c1-20(36-28(42)13-14-29(43)44)30(45)39-26(17-23-18-34-19-35-23)33(48)40-15-5-8-27(40)32(47)38-25(16-21-6-3-2-4-7-21)31(46)37-22-9-11-24(12-10-22)41(49)50/h2-4,6-7,9-12,18-20,25-27H,5,8,13-17H2,1H3,(H,34,35)(H,36,42)(H,37,46)(H,38,47)(H,39,45)(H,43,44). The number of carbonyl (C=O) groups is 6. The maximum absolute atomic E-state index is 14.0. The molecule has 1 aliphatic heterocycles. The van der Waals surface area contributed by atoms with Crippen molar-refractivity contribution < 1.29 is 38.8 Å². The van der Waals surface area contributed by atoms with Gasteiger partial charge in [-0.3, -0.25) is 38.9 Å². The Kier molecular flexibility index (Phi) is 12.7. The van der Waals surface area contributed by atoms with Crippen molar-refractivity contribution in [2.75, 3.05) is 11.9 Å². The molecule has 4 unspecified atom stereocenters. The summed E-state index contributed by atoms with van der Waals surface area (Å²) in [5.74, 6) is -4.23. The van der Waals surface area contributed by atoms with Crippen LogP contribution in [0.15, 0.2) is 67.1 Å². The molecule has 1 saturated heterocycles. The number of carbonyl (C=O) groups excluding carboxylic acids is 5. The van der Waals surface area contributed by atoms with E-state index in [2.05, 4.69) is 31.2 Å². The van der Waals surface area contributed by atoms with Gasteiger partial charge in [-0.1, -0.05) is 30.3 Å². The molecule has 50 heavy (non-hydrogen) atoms. The van der Waals surface area contributed by atoms with Gasteiger partial charge in [-0.15, -0.1) is 0 Å². The Balaban J connectivity index is 1.48. The van der Waals surface area contributed by atoms with Crippen LogP contribution in [0.25, 0.3) is 0 Å². The van der Waals surface area contributed by atoms with Gasteiger partial charge in [-0.25, -0.2) is 4.98 Å². The van der Waals surface area contributed by atoms with Gasteiger partial charge in [0.25, 0.3) is 5.69 Å². The maximum Gasteiger partial charge on any atom is 0.303 e. The second kappa shape index (κ2) is 17.3. The Morgan fingerprint density at radius 1 is 0.960 bits per heavy atom. The zero-order valence-corrected chi connectivity index (χ0v) is 27.2. The molecular weight excluding hydrogens is 652 g/mol. The minimum Gasteiger partial charge on any atom is -0.481 e. The van der Waals surface area contributed by atoms with Gasteiger partial charge < -0.3 is 36.3 Å². The molecule has 4 rings (SSSR count). The number of nitrogens with one attached hydrogen (secondary N) is 5. The lowest BCUT2D eigenvalue weighted by Gasteiger charge is -2.30. The molecule has 5 amide bonds. The lowest BCUT2D eigenvalue weighted by molar-refractivity contribution is -0.384. The number of carboxylic acids is 1. The quantitative estimate of drug-likeness (QED) is 0.0922. The van der Waals surface area contributed by atoms with Gasteiger partial charge >= 0.3 is 5.97 Å².